The molecular weight excluding hydrogens is 394 g/mol. The topological polar surface area (TPSA) is 76.1 Å². The Balaban J connectivity index is 2.28. The van der Waals surface area contributed by atoms with E-state index >= 15 is 0 Å². The number of amides is 1. The van der Waals surface area contributed by atoms with Crippen LogP contribution in [0.15, 0.2) is 48.0 Å². The van der Waals surface area contributed by atoms with E-state index in [2.05, 4.69) is 0 Å². The minimum atomic E-state index is -0.806. The van der Waals surface area contributed by atoms with E-state index in [1.807, 2.05) is 6.92 Å². The van der Waals surface area contributed by atoms with E-state index in [1.54, 1.807) is 42.5 Å². The highest BCUT2D eigenvalue weighted by Crippen LogP contribution is 2.45. The van der Waals surface area contributed by atoms with Gasteiger partial charge >= 0.3 is 0 Å². The Kier molecular flexibility index (Phi) is 6.13. The van der Waals surface area contributed by atoms with Crippen LogP contribution in [-0.2, 0) is 9.59 Å². The lowest BCUT2D eigenvalue weighted by Gasteiger charge is -2.26. The van der Waals surface area contributed by atoms with Crippen molar-refractivity contribution in [2.75, 3.05) is 20.8 Å². The summed E-state index contributed by atoms with van der Waals surface area (Å²) in [6.45, 7) is 2.26. The molecule has 152 valence electrons. The first-order chi connectivity index (χ1) is 13.9. The molecule has 0 spiro atoms. The molecule has 1 aliphatic heterocycles. The van der Waals surface area contributed by atoms with Gasteiger partial charge in [-0.05, 0) is 24.6 Å². The lowest BCUT2D eigenvalue weighted by atomic mass is 9.94. The van der Waals surface area contributed by atoms with Crippen molar-refractivity contribution in [3.63, 3.8) is 0 Å². The highest BCUT2D eigenvalue weighted by Gasteiger charge is 2.47. The summed E-state index contributed by atoms with van der Waals surface area (Å²) in [5.74, 6) is -0.815. The predicted molar refractivity (Wildman–Crippen MR) is 110 cm³/mol. The number of para-hydroxylation sites is 1. The Bertz CT molecular complexity index is 985. The summed E-state index contributed by atoms with van der Waals surface area (Å²) in [5.41, 5.74) is 0.916. The zero-order chi connectivity index (χ0) is 21.1. The molecule has 1 N–H and O–H groups in total. The number of aliphatic hydroxyl groups excluding tert-OH is 1. The zero-order valence-electron chi connectivity index (χ0n) is 16.4. The lowest BCUT2D eigenvalue weighted by Crippen LogP contribution is -2.30. The number of benzene rings is 2. The Hall–Kier alpha value is -2.99. The molecule has 0 aliphatic carbocycles. The van der Waals surface area contributed by atoms with Crippen LogP contribution in [0, 0.1) is 0 Å². The van der Waals surface area contributed by atoms with Gasteiger partial charge in [0.05, 0.1) is 25.8 Å². The predicted octanol–water partition coefficient (Wildman–Crippen LogP) is 4.19. The number of ketones is 1. The summed E-state index contributed by atoms with van der Waals surface area (Å²) in [6.07, 6.45) is 0.646. The monoisotopic (exact) mass is 415 g/mol. The standard InChI is InChI=1S/C22H22ClNO5/c1-4-11-24-18(15-9-6-10-16(28-2)21(15)29-3)17(20(26)22(24)27)19(25)13-7-5-8-14(23)12-13/h5-10,12,18,25H,4,11H2,1-3H3/b19-17+. The van der Waals surface area contributed by atoms with Gasteiger partial charge < -0.3 is 19.5 Å². The van der Waals surface area contributed by atoms with Gasteiger partial charge in [-0.2, -0.15) is 0 Å². The first-order valence-electron chi connectivity index (χ1n) is 9.19. The van der Waals surface area contributed by atoms with Crippen molar-refractivity contribution in [1.82, 2.24) is 4.90 Å². The van der Waals surface area contributed by atoms with Crippen molar-refractivity contribution in [3.05, 3.63) is 64.2 Å². The van der Waals surface area contributed by atoms with Gasteiger partial charge in [-0.15, -0.1) is 0 Å². The maximum absolute atomic E-state index is 12.9. The van der Waals surface area contributed by atoms with Gasteiger partial charge in [0, 0.05) is 22.7 Å². The van der Waals surface area contributed by atoms with E-state index in [4.69, 9.17) is 21.1 Å². The van der Waals surface area contributed by atoms with Crippen LogP contribution < -0.4 is 9.47 Å². The normalized spacial score (nSPS) is 18.2. The molecule has 2 aromatic rings. The molecule has 1 amide bonds. The molecule has 3 rings (SSSR count). The average molecular weight is 416 g/mol. The molecule has 29 heavy (non-hydrogen) atoms. The SMILES string of the molecule is CCCN1C(=O)C(=O)/C(=C(/O)c2cccc(Cl)c2)C1c1cccc(OC)c1OC. The molecule has 1 saturated heterocycles. The number of methoxy groups -OCH3 is 2. The van der Waals surface area contributed by atoms with Gasteiger partial charge in [0.15, 0.2) is 11.5 Å². The second kappa shape index (κ2) is 8.57. The third-order valence-corrected chi connectivity index (χ3v) is 5.07. The van der Waals surface area contributed by atoms with Crippen molar-refractivity contribution in [2.45, 2.75) is 19.4 Å². The van der Waals surface area contributed by atoms with E-state index < -0.39 is 17.7 Å². The number of aliphatic hydroxyl groups is 1. The largest absolute Gasteiger partial charge is 0.507 e. The number of carbonyl (C=O) groups excluding carboxylic acids is 2. The quantitative estimate of drug-likeness (QED) is 0.435. The molecule has 1 aliphatic rings. The second-order valence-electron chi connectivity index (χ2n) is 6.59. The average Bonchev–Trinajstić information content (AvgIpc) is 2.97. The molecule has 1 heterocycles. The van der Waals surface area contributed by atoms with Crippen molar-refractivity contribution in [2.24, 2.45) is 0 Å². The van der Waals surface area contributed by atoms with E-state index in [1.165, 1.54) is 19.1 Å². The fraction of sp³-hybridized carbons (Fsp3) is 0.273. The number of hydrogen-bond donors (Lipinski definition) is 1. The van der Waals surface area contributed by atoms with Crippen LogP contribution in [-0.4, -0.2) is 42.5 Å². The van der Waals surface area contributed by atoms with Crippen molar-refractivity contribution >= 4 is 29.1 Å². The number of likely N-dealkylation sites (tertiary alicyclic amines) is 1. The van der Waals surface area contributed by atoms with Gasteiger partial charge in [0.1, 0.15) is 5.76 Å². The number of rotatable bonds is 6. The van der Waals surface area contributed by atoms with Crippen LogP contribution >= 0.6 is 11.6 Å². The molecule has 1 atom stereocenters. The number of hydrogen-bond acceptors (Lipinski definition) is 5. The Labute approximate surface area is 174 Å². The maximum atomic E-state index is 12.9. The molecule has 0 aromatic heterocycles. The number of halogens is 1. The van der Waals surface area contributed by atoms with Gasteiger partial charge in [-0.25, -0.2) is 0 Å². The number of Topliss-reactive ketones (excluding diaryl/α,β-unsaturated/α-hetero) is 1. The summed E-state index contributed by atoms with van der Waals surface area (Å²) in [5, 5.41) is 11.4. The van der Waals surface area contributed by atoms with Gasteiger partial charge in [-0.1, -0.05) is 42.8 Å². The van der Waals surface area contributed by atoms with Crippen molar-refractivity contribution in [3.8, 4) is 11.5 Å². The highest BCUT2D eigenvalue weighted by atomic mass is 35.5. The first-order valence-corrected chi connectivity index (χ1v) is 9.57. The molecule has 1 fully saturated rings. The summed E-state index contributed by atoms with van der Waals surface area (Å²) in [6, 6.07) is 10.9. The third-order valence-electron chi connectivity index (χ3n) is 4.83. The summed E-state index contributed by atoms with van der Waals surface area (Å²) < 4.78 is 10.9. The molecule has 2 aromatic carbocycles. The molecular formula is C22H22ClNO5. The van der Waals surface area contributed by atoms with Gasteiger partial charge in [-0.3, -0.25) is 9.59 Å². The summed E-state index contributed by atoms with van der Waals surface area (Å²) >= 11 is 6.05. The number of nitrogens with zero attached hydrogens (tertiary/aromatic N) is 1. The van der Waals surface area contributed by atoms with Crippen molar-refractivity contribution in [1.29, 1.82) is 0 Å². The summed E-state index contributed by atoms with van der Waals surface area (Å²) in [4.78, 5) is 27.1. The molecule has 1 unspecified atom stereocenters. The third kappa shape index (κ3) is 3.68. The van der Waals surface area contributed by atoms with Crippen LogP contribution in [0.4, 0.5) is 0 Å². The number of ether oxygens (including phenoxy) is 2. The molecule has 0 saturated carbocycles. The van der Waals surface area contributed by atoms with Crippen LogP contribution in [0.3, 0.4) is 0 Å². The van der Waals surface area contributed by atoms with Crippen LogP contribution in [0.25, 0.3) is 5.76 Å². The molecule has 0 bridgehead atoms. The minimum Gasteiger partial charge on any atom is -0.507 e. The van der Waals surface area contributed by atoms with E-state index in [0.29, 0.717) is 40.6 Å². The lowest BCUT2D eigenvalue weighted by molar-refractivity contribution is -0.139. The van der Waals surface area contributed by atoms with Crippen LogP contribution in [0.1, 0.15) is 30.5 Å². The van der Waals surface area contributed by atoms with Gasteiger partial charge in [0.25, 0.3) is 11.7 Å². The van der Waals surface area contributed by atoms with Crippen LogP contribution in [0.5, 0.6) is 11.5 Å². The van der Waals surface area contributed by atoms with Crippen LogP contribution in [0.2, 0.25) is 5.02 Å². The van der Waals surface area contributed by atoms with E-state index in [-0.39, 0.29) is 11.3 Å². The zero-order valence-corrected chi connectivity index (χ0v) is 17.2. The van der Waals surface area contributed by atoms with E-state index in [0.717, 1.165) is 0 Å². The van der Waals surface area contributed by atoms with Gasteiger partial charge in [0.2, 0.25) is 0 Å². The Morgan fingerprint density at radius 3 is 2.48 bits per heavy atom. The minimum absolute atomic E-state index is 0.00253. The Morgan fingerprint density at radius 2 is 1.86 bits per heavy atom. The highest BCUT2D eigenvalue weighted by molar-refractivity contribution is 6.46. The molecule has 0 radical (unpaired) electrons. The summed E-state index contributed by atoms with van der Waals surface area (Å²) in [7, 11) is 3.00. The fourth-order valence-corrected chi connectivity index (χ4v) is 3.78. The van der Waals surface area contributed by atoms with E-state index in [9.17, 15) is 14.7 Å². The molecule has 7 heteroatoms. The van der Waals surface area contributed by atoms with Crippen molar-refractivity contribution < 1.29 is 24.2 Å². The smallest absolute Gasteiger partial charge is 0.295 e. The fourth-order valence-electron chi connectivity index (χ4n) is 3.59. The molecule has 6 nitrogen and oxygen atoms in total. The number of carbonyl (C=O) groups is 2. The second-order valence-corrected chi connectivity index (χ2v) is 7.02. The Morgan fingerprint density at radius 1 is 1.14 bits per heavy atom. The maximum Gasteiger partial charge on any atom is 0.295 e. The first kappa shape index (κ1) is 20.7.